The van der Waals surface area contributed by atoms with Gasteiger partial charge in [-0.25, -0.2) is 0 Å². The summed E-state index contributed by atoms with van der Waals surface area (Å²) in [5, 5.41) is 6.22. The van der Waals surface area contributed by atoms with E-state index in [1.165, 1.54) is 64.2 Å². The minimum Gasteiger partial charge on any atom is -0.309 e. The Kier molecular flexibility index (Phi) is 5.76. The van der Waals surface area contributed by atoms with Gasteiger partial charge in [-0.05, 0) is 48.1 Å². The highest BCUT2D eigenvalue weighted by Gasteiger charge is 2.32. The van der Waals surface area contributed by atoms with Gasteiger partial charge in [-0.3, -0.25) is 0 Å². The van der Waals surface area contributed by atoms with E-state index in [9.17, 15) is 0 Å². The zero-order valence-electron chi connectivity index (χ0n) is 13.6. The van der Waals surface area contributed by atoms with E-state index in [1.807, 2.05) is 11.3 Å². The quantitative estimate of drug-likeness (QED) is 0.753. The maximum Gasteiger partial charge on any atom is 0.0305 e. The van der Waals surface area contributed by atoms with Crippen LogP contribution < -0.4 is 5.32 Å². The second-order valence-corrected chi connectivity index (χ2v) is 8.06. The Labute approximate surface area is 134 Å². The van der Waals surface area contributed by atoms with Crippen molar-refractivity contribution < 1.29 is 0 Å². The Balaban J connectivity index is 1.58. The van der Waals surface area contributed by atoms with E-state index in [-0.39, 0.29) is 0 Å². The molecule has 1 heterocycles. The van der Waals surface area contributed by atoms with Crippen molar-refractivity contribution in [3.8, 4) is 0 Å². The van der Waals surface area contributed by atoms with Crippen LogP contribution >= 0.6 is 11.3 Å². The predicted octanol–water partition coefficient (Wildman–Crippen LogP) is 5.54. The zero-order valence-corrected chi connectivity index (χ0v) is 14.4. The average molecular weight is 306 g/mol. The SMILES string of the molecule is CCc1ccsc1CNC1CCCCC1C1CCCCC1. The highest BCUT2D eigenvalue weighted by molar-refractivity contribution is 7.10. The van der Waals surface area contributed by atoms with E-state index in [0.717, 1.165) is 24.4 Å². The zero-order chi connectivity index (χ0) is 14.5. The highest BCUT2D eigenvalue weighted by Crippen LogP contribution is 2.38. The maximum atomic E-state index is 3.96. The van der Waals surface area contributed by atoms with E-state index in [4.69, 9.17) is 0 Å². The Bertz CT molecular complexity index is 419. The summed E-state index contributed by atoms with van der Waals surface area (Å²) in [5.74, 6) is 1.98. The third kappa shape index (κ3) is 3.90. The Morgan fingerprint density at radius 2 is 1.81 bits per heavy atom. The van der Waals surface area contributed by atoms with Crippen LogP contribution in [0.1, 0.15) is 75.2 Å². The smallest absolute Gasteiger partial charge is 0.0305 e. The van der Waals surface area contributed by atoms with Crippen LogP contribution in [0.5, 0.6) is 0 Å². The van der Waals surface area contributed by atoms with Crippen molar-refractivity contribution in [2.24, 2.45) is 11.8 Å². The molecule has 2 unspecified atom stereocenters. The maximum absolute atomic E-state index is 3.96. The predicted molar refractivity (Wildman–Crippen MR) is 92.9 cm³/mol. The number of thiophene rings is 1. The molecule has 1 nitrogen and oxygen atoms in total. The van der Waals surface area contributed by atoms with Crippen molar-refractivity contribution in [1.29, 1.82) is 0 Å². The summed E-state index contributed by atoms with van der Waals surface area (Å²) < 4.78 is 0. The minimum absolute atomic E-state index is 0.786. The first-order valence-corrected chi connectivity index (χ1v) is 10.0. The van der Waals surface area contributed by atoms with Crippen LogP contribution in [0.25, 0.3) is 0 Å². The first-order valence-electron chi connectivity index (χ1n) is 9.17. The van der Waals surface area contributed by atoms with E-state index in [1.54, 1.807) is 10.4 Å². The fourth-order valence-electron chi connectivity index (χ4n) is 4.60. The molecule has 0 saturated heterocycles. The molecule has 1 aromatic rings. The van der Waals surface area contributed by atoms with Crippen LogP contribution in [0.3, 0.4) is 0 Å². The molecule has 2 aliphatic carbocycles. The van der Waals surface area contributed by atoms with Crippen LogP contribution in [0.2, 0.25) is 0 Å². The molecular weight excluding hydrogens is 274 g/mol. The van der Waals surface area contributed by atoms with Crippen molar-refractivity contribution in [2.45, 2.75) is 83.7 Å². The Morgan fingerprint density at radius 1 is 1.05 bits per heavy atom. The first-order chi connectivity index (χ1) is 10.4. The number of aryl methyl sites for hydroxylation is 1. The van der Waals surface area contributed by atoms with Crippen LogP contribution in [0, 0.1) is 11.8 Å². The fourth-order valence-corrected chi connectivity index (χ4v) is 5.53. The van der Waals surface area contributed by atoms with Gasteiger partial charge in [-0.1, -0.05) is 51.9 Å². The summed E-state index contributed by atoms with van der Waals surface area (Å²) in [6, 6.07) is 3.09. The normalized spacial score (nSPS) is 27.9. The summed E-state index contributed by atoms with van der Waals surface area (Å²) in [5.41, 5.74) is 1.55. The number of nitrogens with one attached hydrogen (secondary N) is 1. The van der Waals surface area contributed by atoms with E-state index >= 15 is 0 Å². The molecule has 2 saturated carbocycles. The molecule has 0 radical (unpaired) electrons. The lowest BCUT2D eigenvalue weighted by molar-refractivity contribution is 0.149. The van der Waals surface area contributed by atoms with Crippen molar-refractivity contribution >= 4 is 11.3 Å². The molecule has 21 heavy (non-hydrogen) atoms. The first kappa shape index (κ1) is 15.6. The van der Waals surface area contributed by atoms with Gasteiger partial charge in [0.25, 0.3) is 0 Å². The molecule has 0 amide bonds. The summed E-state index contributed by atoms with van der Waals surface area (Å²) in [4.78, 5) is 1.57. The Hall–Kier alpha value is -0.340. The molecule has 0 spiro atoms. The molecule has 0 aromatic carbocycles. The number of hydrogen-bond acceptors (Lipinski definition) is 2. The van der Waals surface area contributed by atoms with Gasteiger partial charge in [0.15, 0.2) is 0 Å². The molecule has 118 valence electrons. The monoisotopic (exact) mass is 305 g/mol. The summed E-state index contributed by atoms with van der Waals surface area (Å²) in [6.45, 7) is 3.38. The van der Waals surface area contributed by atoms with Gasteiger partial charge in [0.2, 0.25) is 0 Å². The van der Waals surface area contributed by atoms with Crippen molar-refractivity contribution in [2.75, 3.05) is 0 Å². The van der Waals surface area contributed by atoms with Gasteiger partial charge in [0, 0.05) is 17.5 Å². The van der Waals surface area contributed by atoms with Gasteiger partial charge in [-0.2, -0.15) is 0 Å². The number of rotatable bonds is 5. The molecule has 2 aliphatic rings. The highest BCUT2D eigenvalue weighted by atomic mass is 32.1. The fraction of sp³-hybridized carbons (Fsp3) is 0.789. The molecule has 0 bridgehead atoms. The average Bonchev–Trinajstić information content (AvgIpc) is 3.01. The second kappa shape index (κ2) is 7.78. The van der Waals surface area contributed by atoms with Crippen LogP contribution in [0.15, 0.2) is 11.4 Å². The third-order valence-electron chi connectivity index (χ3n) is 5.82. The molecule has 2 heteroatoms. The topological polar surface area (TPSA) is 12.0 Å². The lowest BCUT2D eigenvalue weighted by Crippen LogP contribution is -2.42. The lowest BCUT2D eigenvalue weighted by atomic mass is 9.71. The molecule has 1 aromatic heterocycles. The minimum atomic E-state index is 0.786. The van der Waals surface area contributed by atoms with E-state index in [0.29, 0.717) is 0 Å². The largest absolute Gasteiger partial charge is 0.309 e. The lowest BCUT2D eigenvalue weighted by Gasteiger charge is -2.39. The standard InChI is InChI=1S/C19H31NS/c1-2-15-12-13-21-19(15)14-20-18-11-7-6-10-17(18)16-8-4-3-5-9-16/h12-13,16-18,20H,2-11,14H2,1H3. The molecule has 2 fully saturated rings. The molecule has 2 atom stereocenters. The summed E-state index contributed by atoms with van der Waals surface area (Å²) >= 11 is 1.94. The van der Waals surface area contributed by atoms with Gasteiger partial charge in [0.1, 0.15) is 0 Å². The molecule has 3 rings (SSSR count). The van der Waals surface area contributed by atoms with Gasteiger partial charge >= 0.3 is 0 Å². The molecule has 0 aliphatic heterocycles. The number of hydrogen-bond donors (Lipinski definition) is 1. The van der Waals surface area contributed by atoms with Gasteiger partial charge in [0.05, 0.1) is 0 Å². The van der Waals surface area contributed by atoms with Crippen molar-refractivity contribution in [3.05, 3.63) is 21.9 Å². The van der Waals surface area contributed by atoms with Crippen LogP contribution in [-0.4, -0.2) is 6.04 Å². The molecular formula is C19H31NS. The third-order valence-corrected chi connectivity index (χ3v) is 6.78. The van der Waals surface area contributed by atoms with Crippen molar-refractivity contribution in [1.82, 2.24) is 5.32 Å². The van der Waals surface area contributed by atoms with Crippen LogP contribution in [0.4, 0.5) is 0 Å². The van der Waals surface area contributed by atoms with Crippen molar-refractivity contribution in [3.63, 3.8) is 0 Å². The van der Waals surface area contributed by atoms with Gasteiger partial charge < -0.3 is 5.32 Å². The van der Waals surface area contributed by atoms with Gasteiger partial charge in [-0.15, -0.1) is 11.3 Å². The summed E-state index contributed by atoms with van der Waals surface area (Å²) in [6.07, 6.45) is 14.4. The van der Waals surface area contributed by atoms with E-state index in [2.05, 4.69) is 23.7 Å². The molecule has 1 N–H and O–H groups in total. The van der Waals surface area contributed by atoms with Crippen LogP contribution in [-0.2, 0) is 13.0 Å². The Morgan fingerprint density at radius 3 is 2.62 bits per heavy atom. The second-order valence-electron chi connectivity index (χ2n) is 7.06. The van der Waals surface area contributed by atoms with E-state index < -0.39 is 0 Å². The summed E-state index contributed by atoms with van der Waals surface area (Å²) in [7, 11) is 0.